The molecular formula is C51H33N3S. The molecule has 0 amide bonds. The summed E-state index contributed by atoms with van der Waals surface area (Å²) in [6.45, 7) is 0. The molecule has 0 spiro atoms. The van der Waals surface area contributed by atoms with Gasteiger partial charge in [-0.25, -0.2) is 15.0 Å². The van der Waals surface area contributed by atoms with Crippen LogP contribution in [0.4, 0.5) is 0 Å². The maximum atomic E-state index is 8.39. The third-order valence-corrected chi connectivity index (χ3v) is 11.0. The van der Waals surface area contributed by atoms with Gasteiger partial charge in [0.1, 0.15) is 0 Å². The molecule has 0 saturated carbocycles. The summed E-state index contributed by atoms with van der Waals surface area (Å²) in [7, 11) is 0. The van der Waals surface area contributed by atoms with Crippen LogP contribution in [0, 0.1) is 0 Å². The van der Waals surface area contributed by atoms with Crippen molar-refractivity contribution in [2.24, 2.45) is 0 Å². The molecule has 0 aliphatic carbocycles. The zero-order chi connectivity index (χ0) is 40.9. The first-order chi connectivity index (χ1) is 29.3. The van der Waals surface area contributed by atoms with E-state index in [4.69, 9.17) is 21.8 Å². The molecule has 258 valence electrons. The average molecular weight is 725 g/mol. The molecule has 0 atom stereocenters. The standard InChI is InChI=1S/C51H33N3S/c1-4-13-34(14-5-1)35-25-27-36(28-26-35)39-19-10-20-40(31-39)41-21-11-22-42(32-41)43-29-30-46-45(33-43)48-44(23-12-24-47(48)55-46)51-53-49(37-15-6-2-7-16-37)52-50(54-51)38-17-8-3-9-18-38/h1-33H/i1D,4D,5D,13D,14D. The summed E-state index contributed by atoms with van der Waals surface area (Å²) in [5.41, 5.74) is 9.89. The number of rotatable bonds is 7. The Hall–Kier alpha value is -7.01. The van der Waals surface area contributed by atoms with E-state index in [2.05, 4.69) is 78.9 Å². The minimum absolute atomic E-state index is 0.197. The number of fused-ring (bicyclic) bond motifs is 3. The van der Waals surface area contributed by atoms with E-state index in [1.807, 2.05) is 91.0 Å². The Bertz CT molecular complexity index is 3170. The van der Waals surface area contributed by atoms with Crippen molar-refractivity contribution in [3.63, 3.8) is 0 Å². The number of hydrogen-bond donors (Lipinski definition) is 0. The smallest absolute Gasteiger partial charge is 0.164 e. The van der Waals surface area contributed by atoms with Gasteiger partial charge >= 0.3 is 0 Å². The quantitative estimate of drug-likeness (QED) is 0.164. The van der Waals surface area contributed by atoms with Crippen molar-refractivity contribution >= 4 is 31.5 Å². The third kappa shape index (κ3) is 6.39. The molecule has 10 aromatic rings. The topological polar surface area (TPSA) is 38.7 Å². The highest BCUT2D eigenvalue weighted by atomic mass is 32.1. The van der Waals surface area contributed by atoms with E-state index in [0.29, 0.717) is 23.0 Å². The van der Waals surface area contributed by atoms with Crippen LogP contribution in [0.15, 0.2) is 200 Å². The van der Waals surface area contributed by atoms with Crippen molar-refractivity contribution in [3.05, 3.63) is 200 Å². The van der Waals surface area contributed by atoms with E-state index in [1.165, 1.54) is 4.70 Å². The molecule has 55 heavy (non-hydrogen) atoms. The summed E-state index contributed by atoms with van der Waals surface area (Å²) in [5, 5.41) is 2.26. The molecule has 0 unspecified atom stereocenters. The summed E-state index contributed by atoms with van der Waals surface area (Å²) in [5.74, 6) is 1.88. The van der Waals surface area contributed by atoms with Crippen molar-refractivity contribution in [3.8, 4) is 78.7 Å². The van der Waals surface area contributed by atoms with Crippen LogP contribution in [0.25, 0.3) is 98.8 Å². The lowest BCUT2D eigenvalue weighted by atomic mass is 9.95. The average Bonchev–Trinajstić information content (AvgIpc) is 3.69. The maximum absolute atomic E-state index is 8.39. The first kappa shape index (κ1) is 27.6. The highest BCUT2D eigenvalue weighted by Gasteiger charge is 2.17. The van der Waals surface area contributed by atoms with Gasteiger partial charge < -0.3 is 0 Å². The second kappa shape index (κ2) is 14.1. The Morgan fingerprint density at radius 2 is 0.818 bits per heavy atom. The Balaban J connectivity index is 1.01. The number of aromatic nitrogens is 3. The predicted molar refractivity (Wildman–Crippen MR) is 231 cm³/mol. The first-order valence-corrected chi connectivity index (χ1v) is 18.8. The van der Waals surface area contributed by atoms with E-state index in [9.17, 15) is 0 Å². The molecule has 0 aliphatic rings. The lowest BCUT2D eigenvalue weighted by molar-refractivity contribution is 1.08. The minimum Gasteiger partial charge on any atom is -0.208 e. The Morgan fingerprint density at radius 3 is 1.42 bits per heavy atom. The zero-order valence-electron chi connectivity index (χ0n) is 34.4. The fourth-order valence-electron chi connectivity index (χ4n) is 7.10. The molecule has 4 heteroatoms. The molecule has 0 fully saturated rings. The number of benzene rings is 8. The SMILES string of the molecule is [2H]c1c([2H])c([2H])c(-c2ccc(-c3cccc(-c4cccc(-c5ccc6sc7cccc(-c8nc(-c9ccccc9)nc(-c9ccccc9)n8)c7c6c5)c4)c3)cc2)c([2H])c1[2H]. The normalized spacial score (nSPS) is 12.5. The molecule has 8 aromatic carbocycles. The van der Waals surface area contributed by atoms with Gasteiger partial charge in [-0.05, 0) is 74.8 Å². The molecule has 0 aliphatic heterocycles. The highest BCUT2D eigenvalue weighted by Crippen LogP contribution is 2.42. The molecule has 0 radical (unpaired) electrons. The molecular weight excluding hydrogens is 687 g/mol. The first-order valence-electron chi connectivity index (χ1n) is 20.5. The summed E-state index contributed by atoms with van der Waals surface area (Å²) >= 11 is 1.76. The van der Waals surface area contributed by atoms with Crippen LogP contribution in [0.2, 0.25) is 0 Å². The number of thiophene rings is 1. The van der Waals surface area contributed by atoms with Gasteiger partial charge in [0.25, 0.3) is 0 Å². The molecule has 2 aromatic heterocycles. The molecule has 10 rings (SSSR count). The Kier molecular flexibility index (Phi) is 7.06. The predicted octanol–water partition coefficient (Wildman–Crippen LogP) is 13.9. The van der Waals surface area contributed by atoms with Crippen molar-refractivity contribution in [1.82, 2.24) is 15.0 Å². The Morgan fingerprint density at radius 1 is 0.345 bits per heavy atom. The lowest BCUT2D eigenvalue weighted by Crippen LogP contribution is -2.00. The molecule has 3 nitrogen and oxygen atoms in total. The second-order valence-corrected chi connectivity index (χ2v) is 14.4. The lowest BCUT2D eigenvalue weighted by Gasteiger charge is -2.10. The van der Waals surface area contributed by atoms with Crippen LogP contribution >= 0.6 is 11.3 Å². The van der Waals surface area contributed by atoms with Gasteiger partial charge in [0.05, 0.1) is 6.85 Å². The van der Waals surface area contributed by atoms with Crippen LogP contribution in [0.3, 0.4) is 0 Å². The molecule has 0 saturated heterocycles. The summed E-state index contributed by atoms with van der Waals surface area (Å²) in [4.78, 5) is 15.1. The fourth-order valence-corrected chi connectivity index (χ4v) is 8.21. The summed E-state index contributed by atoms with van der Waals surface area (Å²) < 4.78 is 43.3. The van der Waals surface area contributed by atoms with Gasteiger partial charge in [-0.1, -0.05) is 170 Å². The number of nitrogens with zero attached hydrogens (tertiary/aromatic N) is 3. The van der Waals surface area contributed by atoms with Crippen LogP contribution < -0.4 is 0 Å². The summed E-state index contributed by atoms with van der Waals surface area (Å²) in [6.07, 6.45) is 0. The van der Waals surface area contributed by atoms with Gasteiger partial charge in [0, 0.05) is 36.9 Å². The highest BCUT2D eigenvalue weighted by molar-refractivity contribution is 7.26. The van der Waals surface area contributed by atoms with Gasteiger partial charge in [0.2, 0.25) is 0 Å². The van der Waals surface area contributed by atoms with Crippen molar-refractivity contribution in [1.29, 1.82) is 0 Å². The van der Waals surface area contributed by atoms with Crippen molar-refractivity contribution in [2.75, 3.05) is 0 Å². The summed E-state index contributed by atoms with van der Waals surface area (Å²) in [6, 6.07) is 56.1. The van der Waals surface area contributed by atoms with Gasteiger partial charge in [-0.15, -0.1) is 11.3 Å². The van der Waals surface area contributed by atoms with E-state index >= 15 is 0 Å². The van der Waals surface area contributed by atoms with Crippen LogP contribution in [-0.2, 0) is 0 Å². The van der Waals surface area contributed by atoms with Gasteiger partial charge in [0.15, 0.2) is 17.5 Å². The van der Waals surface area contributed by atoms with Gasteiger partial charge in [-0.3, -0.25) is 0 Å². The molecule has 2 heterocycles. The van der Waals surface area contributed by atoms with Crippen molar-refractivity contribution < 1.29 is 6.85 Å². The minimum atomic E-state index is -0.396. The van der Waals surface area contributed by atoms with Crippen LogP contribution in [0.1, 0.15) is 6.85 Å². The van der Waals surface area contributed by atoms with Gasteiger partial charge in [-0.2, -0.15) is 0 Å². The maximum Gasteiger partial charge on any atom is 0.164 e. The fraction of sp³-hybridized carbons (Fsp3) is 0. The van der Waals surface area contributed by atoms with Crippen LogP contribution in [-0.4, -0.2) is 15.0 Å². The van der Waals surface area contributed by atoms with E-state index in [-0.39, 0.29) is 29.7 Å². The Labute approximate surface area is 331 Å². The molecule has 0 N–H and O–H groups in total. The second-order valence-electron chi connectivity index (χ2n) is 13.3. The zero-order valence-corrected chi connectivity index (χ0v) is 30.2. The molecule has 0 bridgehead atoms. The number of hydrogen-bond acceptors (Lipinski definition) is 4. The van der Waals surface area contributed by atoms with E-state index < -0.39 is 6.04 Å². The van der Waals surface area contributed by atoms with Crippen molar-refractivity contribution in [2.45, 2.75) is 0 Å². The largest absolute Gasteiger partial charge is 0.208 e. The third-order valence-electron chi connectivity index (χ3n) is 9.83. The van der Waals surface area contributed by atoms with E-state index in [1.54, 1.807) is 11.3 Å². The monoisotopic (exact) mass is 724 g/mol. The van der Waals surface area contributed by atoms with Crippen LogP contribution in [0.5, 0.6) is 0 Å². The van der Waals surface area contributed by atoms with E-state index in [0.717, 1.165) is 65.5 Å².